The Morgan fingerprint density at radius 3 is 2.40 bits per heavy atom. The monoisotopic (exact) mass is 484 g/mol. The van der Waals surface area contributed by atoms with Crippen LogP contribution < -0.4 is 10.5 Å². The van der Waals surface area contributed by atoms with Crippen LogP contribution in [0.2, 0.25) is 0 Å². The number of hydrogen-bond donors (Lipinski definition) is 1. The smallest absolute Gasteiger partial charge is 0.339 e. The predicted molar refractivity (Wildman–Crippen MR) is 126 cm³/mol. The Morgan fingerprint density at radius 1 is 1.00 bits per heavy atom. The van der Waals surface area contributed by atoms with Crippen LogP contribution in [0.15, 0.2) is 47.3 Å². The quantitative estimate of drug-likeness (QED) is 0.478. The second-order valence-electron chi connectivity index (χ2n) is 8.79. The largest absolute Gasteiger partial charge is 0.449 e. The van der Waals surface area contributed by atoms with Gasteiger partial charge in [-0.1, -0.05) is 12.1 Å². The van der Waals surface area contributed by atoms with Gasteiger partial charge in [0.25, 0.3) is 11.5 Å². The van der Waals surface area contributed by atoms with Crippen LogP contribution in [0.1, 0.15) is 36.1 Å². The van der Waals surface area contributed by atoms with E-state index < -0.39 is 18.0 Å². The summed E-state index contributed by atoms with van der Waals surface area (Å²) >= 11 is 0. The first-order valence-corrected chi connectivity index (χ1v) is 11.3. The lowest BCUT2D eigenvalue weighted by molar-refractivity contribution is -0.147. The molecular formula is C24H23F3N6O2. The third-order valence-corrected chi connectivity index (χ3v) is 6.17. The maximum absolute atomic E-state index is 13.5. The molecule has 2 aromatic carbocycles. The fourth-order valence-electron chi connectivity index (χ4n) is 4.48. The summed E-state index contributed by atoms with van der Waals surface area (Å²) in [5, 5.41) is 0.508. The molecule has 0 unspecified atom stereocenters. The fourth-order valence-corrected chi connectivity index (χ4v) is 4.48. The van der Waals surface area contributed by atoms with Gasteiger partial charge in [-0.05, 0) is 44.2 Å². The number of hydrogen-bond acceptors (Lipinski definition) is 5. The van der Waals surface area contributed by atoms with Gasteiger partial charge in [0.2, 0.25) is 11.8 Å². The number of imidazole rings is 1. The first-order valence-electron chi connectivity index (χ1n) is 11.3. The summed E-state index contributed by atoms with van der Waals surface area (Å²) in [5.41, 5.74) is 1.12. The number of carbonyl (C=O) groups excluding carboxylic acids is 1. The number of fused-ring (bicyclic) bond motifs is 2. The third-order valence-electron chi connectivity index (χ3n) is 6.17. The highest BCUT2D eigenvalue weighted by Crippen LogP contribution is 2.34. The number of halogens is 3. The Bertz CT molecular complexity index is 1480. The highest BCUT2D eigenvalue weighted by atomic mass is 19.4. The van der Waals surface area contributed by atoms with Gasteiger partial charge in [0, 0.05) is 37.8 Å². The molecule has 8 nitrogen and oxygen atoms in total. The van der Waals surface area contributed by atoms with Gasteiger partial charge in [-0.3, -0.25) is 14.6 Å². The van der Waals surface area contributed by atoms with E-state index in [0.29, 0.717) is 48.5 Å². The lowest BCUT2D eigenvalue weighted by Gasteiger charge is -2.35. The molecule has 182 valence electrons. The molecule has 11 heteroatoms. The summed E-state index contributed by atoms with van der Waals surface area (Å²) in [4.78, 5) is 40.2. The van der Waals surface area contributed by atoms with E-state index in [9.17, 15) is 22.8 Å². The second kappa shape index (κ2) is 8.40. The van der Waals surface area contributed by atoms with Gasteiger partial charge < -0.3 is 14.4 Å². The highest BCUT2D eigenvalue weighted by molar-refractivity contribution is 5.97. The van der Waals surface area contributed by atoms with Crippen molar-refractivity contribution < 1.29 is 18.0 Å². The van der Waals surface area contributed by atoms with E-state index in [2.05, 4.69) is 15.0 Å². The van der Waals surface area contributed by atoms with Crippen LogP contribution in [0.5, 0.6) is 0 Å². The number of piperazine rings is 1. The number of carbonyl (C=O) groups is 1. The lowest BCUT2D eigenvalue weighted by atomic mass is 10.1. The van der Waals surface area contributed by atoms with Crippen molar-refractivity contribution in [2.24, 2.45) is 0 Å². The van der Waals surface area contributed by atoms with Crippen LogP contribution in [0.3, 0.4) is 0 Å². The number of amides is 1. The zero-order valence-corrected chi connectivity index (χ0v) is 19.1. The first-order chi connectivity index (χ1) is 16.6. The van der Waals surface area contributed by atoms with E-state index in [1.54, 1.807) is 43.0 Å². The van der Waals surface area contributed by atoms with Crippen molar-refractivity contribution in [2.75, 3.05) is 31.1 Å². The van der Waals surface area contributed by atoms with Crippen LogP contribution in [0.25, 0.3) is 21.9 Å². The van der Waals surface area contributed by atoms with E-state index in [0.717, 1.165) is 4.57 Å². The van der Waals surface area contributed by atoms with Gasteiger partial charge in [-0.25, -0.2) is 9.97 Å². The zero-order chi connectivity index (χ0) is 24.9. The minimum Gasteiger partial charge on any atom is -0.339 e. The number of aromatic nitrogens is 4. The SMILES string of the molecule is CC(C)n1c(C(F)(F)F)nc2cc(C(=O)N3CCN(c4nc5ccccc5c(=O)[nH]4)CC3)ccc21. The topological polar surface area (TPSA) is 87.1 Å². The summed E-state index contributed by atoms with van der Waals surface area (Å²) in [6.07, 6.45) is -4.60. The fraction of sp³-hybridized carbons (Fsp3) is 0.333. The molecule has 0 spiro atoms. The molecule has 1 fully saturated rings. The van der Waals surface area contributed by atoms with Crippen LogP contribution in [0.4, 0.5) is 19.1 Å². The molecule has 1 amide bonds. The number of benzene rings is 2. The molecule has 3 heterocycles. The van der Waals surface area contributed by atoms with E-state index in [1.165, 1.54) is 12.1 Å². The van der Waals surface area contributed by atoms with Crippen molar-refractivity contribution in [1.82, 2.24) is 24.4 Å². The summed E-state index contributed by atoms with van der Waals surface area (Å²) in [6.45, 7) is 4.98. The first kappa shape index (κ1) is 22.9. The summed E-state index contributed by atoms with van der Waals surface area (Å²) in [6, 6.07) is 11.1. The Labute approximate surface area is 198 Å². The molecule has 0 bridgehead atoms. The van der Waals surface area contributed by atoms with Gasteiger partial charge in [0.05, 0.1) is 21.9 Å². The summed E-state index contributed by atoms with van der Waals surface area (Å²) < 4.78 is 41.6. The normalized spacial score (nSPS) is 14.9. The average Bonchev–Trinajstić information content (AvgIpc) is 3.23. The van der Waals surface area contributed by atoms with Crippen molar-refractivity contribution in [2.45, 2.75) is 26.1 Å². The minimum atomic E-state index is -4.60. The molecule has 0 saturated carbocycles. The van der Waals surface area contributed by atoms with Gasteiger partial charge >= 0.3 is 6.18 Å². The van der Waals surface area contributed by atoms with Crippen molar-refractivity contribution in [1.29, 1.82) is 0 Å². The highest BCUT2D eigenvalue weighted by Gasteiger charge is 2.38. The van der Waals surface area contributed by atoms with Crippen molar-refractivity contribution in [3.05, 3.63) is 64.2 Å². The molecule has 35 heavy (non-hydrogen) atoms. The third kappa shape index (κ3) is 4.11. The number of para-hydroxylation sites is 1. The molecular weight excluding hydrogens is 461 g/mol. The van der Waals surface area contributed by atoms with Gasteiger partial charge in [-0.15, -0.1) is 0 Å². The number of H-pyrrole nitrogens is 1. The molecule has 0 atom stereocenters. The lowest BCUT2D eigenvalue weighted by Crippen LogP contribution is -2.49. The number of anilines is 1. The van der Waals surface area contributed by atoms with Crippen molar-refractivity contribution in [3.63, 3.8) is 0 Å². The Hall–Kier alpha value is -3.89. The minimum absolute atomic E-state index is 0.133. The maximum Gasteiger partial charge on any atom is 0.449 e. The molecule has 1 aliphatic rings. The molecule has 1 saturated heterocycles. The molecule has 0 radical (unpaired) electrons. The maximum atomic E-state index is 13.5. The second-order valence-corrected chi connectivity index (χ2v) is 8.79. The Kier molecular flexibility index (Phi) is 5.49. The molecule has 0 aliphatic carbocycles. The van der Waals surface area contributed by atoms with Crippen molar-refractivity contribution in [3.8, 4) is 0 Å². The van der Waals surface area contributed by atoms with E-state index >= 15 is 0 Å². The van der Waals surface area contributed by atoms with Crippen molar-refractivity contribution >= 4 is 33.8 Å². The zero-order valence-electron chi connectivity index (χ0n) is 19.1. The number of nitrogens with zero attached hydrogens (tertiary/aromatic N) is 5. The van der Waals surface area contributed by atoms with Gasteiger partial charge in [-0.2, -0.15) is 13.2 Å². The molecule has 1 N–H and O–H groups in total. The van der Waals surface area contributed by atoms with Gasteiger partial charge in [0.15, 0.2) is 0 Å². The van der Waals surface area contributed by atoms with Crippen LogP contribution in [-0.4, -0.2) is 56.5 Å². The molecule has 2 aromatic heterocycles. The summed E-state index contributed by atoms with van der Waals surface area (Å²) in [7, 11) is 0. The van der Waals surface area contributed by atoms with Crippen LogP contribution in [0, 0.1) is 0 Å². The number of alkyl halides is 3. The number of nitrogens with one attached hydrogen (secondary N) is 1. The summed E-state index contributed by atoms with van der Waals surface area (Å²) in [5.74, 6) is -0.808. The van der Waals surface area contributed by atoms with Gasteiger partial charge in [0.1, 0.15) is 0 Å². The Morgan fingerprint density at radius 2 is 1.71 bits per heavy atom. The van der Waals surface area contributed by atoms with E-state index in [4.69, 9.17) is 0 Å². The predicted octanol–water partition coefficient (Wildman–Crippen LogP) is 3.83. The molecule has 4 aromatic rings. The Balaban J connectivity index is 1.35. The average molecular weight is 484 g/mol. The van der Waals surface area contributed by atoms with Crippen LogP contribution in [-0.2, 0) is 6.18 Å². The number of rotatable bonds is 3. The number of aromatic amines is 1. The van der Waals surface area contributed by atoms with Crippen LogP contribution >= 0.6 is 0 Å². The molecule has 1 aliphatic heterocycles. The van der Waals surface area contributed by atoms with E-state index in [1.807, 2.05) is 11.0 Å². The molecule has 5 rings (SSSR count). The standard InChI is InChI=1S/C24H23F3N6O2/c1-14(2)33-19-8-7-15(13-18(19)28-22(33)24(25,26)27)21(35)31-9-11-32(12-10-31)23-29-17-6-4-3-5-16(17)20(34)30-23/h3-8,13-14H,9-12H2,1-2H3,(H,29,30,34). The van der Waals surface area contributed by atoms with E-state index in [-0.39, 0.29) is 22.5 Å².